The van der Waals surface area contributed by atoms with Crippen molar-refractivity contribution in [2.45, 2.75) is 11.1 Å². The molecule has 0 aliphatic carbocycles. The number of anilines is 1. The number of carbonyl (C=O) groups excluding carboxylic acids is 1. The van der Waals surface area contributed by atoms with Crippen molar-refractivity contribution in [1.82, 2.24) is 4.98 Å². The highest BCUT2D eigenvalue weighted by atomic mass is 32.2. The SMILES string of the molecule is COC(=O)c1sccc1NS(=O)(=O)c1cnc(C)s1. The van der Waals surface area contributed by atoms with E-state index in [0.29, 0.717) is 5.01 Å². The first-order chi connectivity index (χ1) is 8.94. The second-order valence-corrected chi connectivity index (χ2v) is 7.52. The minimum absolute atomic E-state index is 0.104. The van der Waals surface area contributed by atoms with E-state index < -0.39 is 16.0 Å². The summed E-state index contributed by atoms with van der Waals surface area (Å²) in [4.78, 5) is 15.6. The molecule has 2 aromatic heterocycles. The molecule has 0 aromatic carbocycles. The number of carbonyl (C=O) groups is 1. The molecule has 0 amide bonds. The van der Waals surface area contributed by atoms with Gasteiger partial charge in [0.2, 0.25) is 0 Å². The summed E-state index contributed by atoms with van der Waals surface area (Å²) in [6.45, 7) is 1.72. The van der Waals surface area contributed by atoms with Crippen molar-refractivity contribution in [3.05, 3.63) is 27.5 Å². The standard InChI is InChI=1S/C10H10N2O4S3/c1-6-11-5-8(18-6)19(14,15)12-7-3-4-17-9(7)10(13)16-2/h3-5,12H,1-2H3. The number of rotatable bonds is 4. The lowest BCUT2D eigenvalue weighted by atomic mass is 10.4. The van der Waals surface area contributed by atoms with E-state index in [1.165, 1.54) is 19.4 Å². The Kier molecular flexibility index (Phi) is 3.88. The van der Waals surface area contributed by atoms with Gasteiger partial charge < -0.3 is 4.74 Å². The van der Waals surface area contributed by atoms with Crippen LogP contribution in [-0.4, -0.2) is 26.5 Å². The van der Waals surface area contributed by atoms with Gasteiger partial charge in [-0.3, -0.25) is 4.72 Å². The highest BCUT2D eigenvalue weighted by Gasteiger charge is 2.21. The molecule has 0 aliphatic rings. The molecule has 0 fully saturated rings. The van der Waals surface area contributed by atoms with Gasteiger partial charge in [0.1, 0.15) is 4.88 Å². The third kappa shape index (κ3) is 2.94. The summed E-state index contributed by atoms with van der Waals surface area (Å²) in [5.74, 6) is -0.576. The van der Waals surface area contributed by atoms with E-state index in [0.717, 1.165) is 22.7 Å². The van der Waals surface area contributed by atoms with Crippen LogP contribution in [0.25, 0.3) is 0 Å². The number of hydrogen-bond donors (Lipinski definition) is 1. The Morgan fingerprint density at radius 2 is 2.21 bits per heavy atom. The Bertz CT molecular complexity index is 702. The van der Waals surface area contributed by atoms with Crippen LogP contribution >= 0.6 is 22.7 Å². The lowest BCUT2D eigenvalue weighted by Gasteiger charge is -2.05. The zero-order valence-corrected chi connectivity index (χ0v) is 12.5. The van der Waals surface area contributed by atoms with E-state index in [-0.39, 0.29) is 14.8 Å². The first kappa shape index (κ1) is 14.0. The fourth-order valence-electron chi connectivity index (χ4n) is 1.30. The maximum atomic E-state index is 12.1. The van der Waals surface area contributed by atoms with Crippen molar-refractivity contribution in [2.75, 3.05) is 11.8 Å². The van der Waals surface area contributed by atoms with Crippen LogP contribution in [0.1, 0.15) is 14.7 Å². The molecule has 1 N–H and O–H groups in total. The van der Waals surface area contributed by atoms with Crippen LogP contribution in [0.5, 0.6) is 0 Å². The molecule has 0 aliphatic heterocycles. The number of nitrogens with zero attached hydrogens (tertiary/aromatic N) is 1. The lowest BCUT2D eigenvalue weighted by molar-refractivity contribution is 0.0607. The highest BCUT2D eigenvalue weighted by molar-refractivity contribution is 7.94. The Morgan fingerprint density at radius 1 is 1.47 bits per heavy atom. The Balaban J connectivity index is 2.31. The monoisotopic (exact) mass is 318 g/mol. The molecule has 102 valence electrons. The first-order valence-corrected chi connectivity index (χ1v) is 8.23. The van der Waals surface area contributed by atoms with Gasteiger partial charge in [0.25, 0.3) is 10.0 Å². The number of esters is 1. The summed E-state index contributed by atoms with van der Waals surface area (Å²) in [6, 6.07) is 1.52. The van der Waals surface area contributed by atoms with Gasteiger partial charge in [0.05, 0.1) is 24.0 Å². The molecule has 0 bridgehead atoms. The van der Waals surface area contributed by atoms with Crippen LogP contribution in [0.3, 0.4) is 0 Å². The summed E-state index contributed by atoms with van der Waals surface area (Å²) in [5.41, 5.74) is 0.211. The van der Waals surface area contributed by atoms with Crippen LogP contribution in [-0.2, 0) is 14.8 Å². The van der Waals surface area contributed by atoms with Crippen molar-refractivity contribution in [3.63, 3.8) is 0 Å². The van der Waals surface area contributed by atoms with E-state index in [1.54, 1.807) is 12.3 Å². The van der Waals surface area contributed by atoms with Gasteiger partial charge in [0.15, 0.2) is 4.21 Å². The summed E-state index contributed by atoms with van der Waals surface area (Å²) in [7, 11) is -2.48. The molecule has 0 unspecified atom stereocenters. The lowest BCUT2D eigenvalue weighted by Crippen LogP contribution is -2.13. The molecule has 2 rings (SSSR count). The quantitative estimate of drug-likeness (QED) is 0.873. The van der Waals surface area contributed by atoms with Gasteiger partial charge in [-0.1, -0.05) is 0 Å². The van der Waals surface area contributed by atoms with Crippen molar-refractivity contribution in [1.29, 1.82) is 0 Å². The van der Waals surface area contributed by atoms with Crippen molar-refractivity contribution >= 4 is 44.4 Å². The molecule has 0 saturated carbocycles. The Morgan fingerprint density at radius 3 is 2.79 bits per heavy atom. The van der Waals surface area contributed by atoms with Gasteiger partial charge in [-0.05, 0) is 18.4 Å². The topological polar surface area (TPSA) is 85.4 Å². The molecule has 19 heavy (non-hydrogen) atoms. The highest BCUT2D eigenvalue weighted by Crippen LogP contribution is 2.27. The summed E-state index contributed by atoms with van der Waals surface area (Å²) in [5, 5.41) is 2.26. The van der Waals surface area contributed by atoms with Gasteiger partial charge in [-0.25, -0.2) is 18.2 Å². The Hall–Kier alpha value is -1.45. The number of thiazole rings is 1. The molecule has 2 aromatic rings. The van der Waals surface area contributed by atoms with E-state index in [4.69, 9.17) is 0 Å². The van der Waals surface area contributed by atoms with Crippen molar-refractivity contribution in [2.24, 2.45) is 0 Å². The molecule has 0 saturated heterocycles. The molecule has 0 spiro atoms. The summed E-state index contributed by atoms with van der Waals surface area (Å²) in [6.07, 6.45) is 1.28. The number of ether oxygens (including phenoxy) is 1. The molecule has 0 radical (unpaired) electrons. The number of sulfonamides is 1. The average molecular weight is 318 g/mol. The number of aryl methyl sites for hydroxylation is 1. The number of hydrogen-bond acceptors (Lipinski definition) is 7. The normalized spacial score (nSPS) is 11.3. The third-order valence-corrected chi connectivity index (χ3v) is 5.78. The number of methoxy groups -OCH3 is 1. The minimum Gasteiger partial charge on any atom is -0.465 e. The smallest absolute Gasteiger partial charge is 0.350 e. The van der Waals surface area contributed by atoms with Gasteiger partial charge in [-0.15, -0.1) is 22.7 Å². The van der Waals surface area contributed by atoms with Gasteiger partial charge in [0, 0.05) is 0 Å². The van der Waals surface area contributed by atoms with E-state index in [1.807, 2.05) is 0 Å². The summed E-state index contributed by atoms with van der Waals surface area (Å²) < 4.78 is 31.2. The second-order valence-electron chi connectivity index (χ2n) is 3.46. The van der Waals surface area contributed by atoms with Crippen LogP contribution in [0, 0.1) is 6.92 Å². The van der Waals surface area contributed by atoms with E-state index in [9.17, 15) is 13.2 Å². The van der Waals surface area contributed by atoms with E-state index >= 15 is 0 Å². The molecular formula is C10H10N2O4S3. The predicted molar refractivity (Wildman–Crippen MR) is 73.3 cm³/mol. The zero-order valence-electron chi connectivity index (χ0n) is 10.0. The minimum atomic E-state index is -3.72. The number of thiophene rings is 1. The predicted octanol–water partition coefficient (Wildman–Crippen LogP) is 2.10. The molecule has 9 heteroatoms. The molecule has 2 heterocycles. The molecule has 6 nitrogen and oxygen atoms in total. The van der Waals surface area contributed by atoms with Gasteiger partial charge >= 0.3 is 5.97 Å². The van der Waals surface area contributed by atoms with Crippen molar-refractivity contribution in [3.8, 4) is 0 Å². The van der Waals surface area contributed by atoms with Crippen LogP contribution in [0.15, 0.2) is 21.9 Å². The Labute approximate surface area is 118 Å². The molecular weight excluding hydrogens is 308 g/mol. The zero-order chi connectivity index (χ0) is 14.0. The third-order valence-electron chi connectivity index (χ3n) is 2.15. The number of nitrogens with one attached hydrogen (secondary N) is 1. The fraction of sp³-hybridized carbons (Fsp3) is 0.200. The largest absolute Gasteiger partial charge is 0.465 e. The van der Waals surface area contributed by atoms with E-state index in [2.05, 4.69) is 14.4 Å². The van der Waals surface area contributed by atoms with Crippen LogP contribution < -0.4 is 4.72 Å². The summed E-state index contributed by atoms with van der Waals surface area (Å²) >= 11 is 2.17. The van der Waals surface area contributed by atoms with Gasteiger partial charge in [-0.2, -0.15) is 0 Å². The second kappa shape index (κ2) is 5.27. The number of aromatic nitrogens is 1. The van der Waals surface area contributed by atoms with Crippen LogP contribution in [0.4, 0.5) is 5.69 Å². The van der Waals surface area contributed by atoms with Crippen LogP contribution in [0.2, 0.25) is 0 Å². The maximum Gasteiger partial charge on any atom is 0.350 e. The molecule has 0 atom stereocenters. The average Bonchev–Trinajstić information content (AvgIpc) is 2.97. The maximum absolute atomic E-state index is 12.1. The first-order valence-electron chi connectivity index (χ1n) is 5.05. The fourth-order valence-corrected chi connectivity index (χ4v) is 4.31. The van der Waals surface area contributed by atoms with Crippen molar-refractivity contribution < 1.29 is 17.9 Å².